The first-order valence-corrected chi connectivity index (χ1v) is 10.6. The number of rotatable bonds is 2. The standard InChI is InChI=1S/C29H24O/c1-20-15-26(18-21-13-14-22-7-2-3-9-24(22)17-21)29(30)27(16-20)19-25-11-6-10-23-8-4-5-12-28(23)25/h2-14,17-20H,15-16H2,1H3/b26-18+,27-19-/t20-/m0/s1. The van der Waals surface area contributed by atoms with Crippen molar-refractivity contribution in [2.24, 2.45) is 5.92 Å². The molecule has 0 N–H and O–H groups in total. The zero-order chi connectivity index (χ0) is 20.5. The van der Waals surface area contributed by atoms with Crippen LogP contribution in [0.1, 0.15) is 30.9 Å². The topological polar surface area (TPSA) is 17.1 Å². The molecule has 0 aromatic heterocycles. The van der Waals surface area contributed by atoms with E-state index in [-0.39, 0.29) is 5.78 Å². The molecule has 0 radical (unpaired) electrons. The first-order chi connectivity index (χ1) is 14.7. The molecule has 5 rings (SSSR count). The molecule has 30 heavy (non-hydrogen) atoms. The molecule has 4 aromatic rings. The van der Waals surface area contributed by atoms with E-state index in [0.29, 0.717) is 5.92 Å². The largest absolute Gasteiger partial charge is 0.289 e. The zero-order valence-corrected chi connectivity index (χ0v) is 17.1. The van der Waals surface area contributed by atoms with Gasteiger partial charge in [-0.3, -0.25) is 4.79 Å². The van der Waals surface area contributed by atoms with Gasteiger partial charge < -0.3 is 0 Å². The summed E-state index contributed by atoms with van der Waals surface area (Å²) >= 11 is 0. The highest BCUT2D eigenvalue weighted by Crippen LogP contribution is 2.33. The highest BCUT2D eigenvalue weighted by Gasteiger charge is 2.25. The third kappa shape index (κ3) is 3.59. The van der Waals surface area contributed by atoms with Crippen LogP contribution in [-0.4, -0.2) is 5.78 Å². The number of fused-ring (bicyclic) bond motifs is 2. The number of ketones is 1. The van der Waals surface area contributed by atoms with Gasteiger partial charge in [0, 0.05) is 11.1 Å². The minimum atomic E-state index is 0.189. The first kappa shape index (κ1) is 18.6. The predicted octanol–water partition coefficient (Wildman–Crippen LogP) is 7.46. The van der Waals surface area contributed by atoms with E-state index >= 15 is 0 Å². The van der Waals surface area contributed by atoms with Crippen molar-refractivity contribution in [3.05, 3.63) is 107 Å². The quantitative estimate of drug-likeness (QED) is 0.326. The minimum absolute atomic E-state index is 0.189. The average molecular weight is 389 g/mol. The number of allylic oxidation sites excluding steroid dienone is 2. The van der Waals surface area contributed by atoms with Crippen LogP contribution >= 0.6 is 0 Å². The van der Waals surface area contributed by atoms with Gasteiger partial charge in [-0.05, 0) is 69.6 Å². The van der Waals surface area contributed by atoms with Crippen LogP contribution in [0, 0.1) is 5.92 Å². The fourth-order valence-corrected chi connectivity index (χ4v) is 4.53. The van der Waals surface area contributed by atoms with Gasteiger partial charge in [0.05, 0.1) is 0 Å². The van der Waals surface area contributed by atoms with Gasteiger partial charge in [-0.15, -0.1) is 0 Å². The third-order valence-corrected chi connectivity index (χ3v) is 5.99. The van der Waals surface area contributed by atoms with Gasteiger partial charge in [0.25, 0.3) is 0 Å². The molecule has 0 bridgehead atoms. The SMILES string of the molecule is C[C@@H]1C/C(=C/c2cccc3ccccc23)C(=O)/C(=C/c2ccc3ccccc3c2)C1. The van der Waals surface area contributed by atoms with Crippen molar-refractivity contribution in [2.75, 3.05) is 0 Å². The average Bonchev–Trinajstić information content (AvgIpc) is 2.77. The Kier molecular flexibility index (Phi) is 4.80. The van der Waals surface area contributed by atoms with Crippen molar-refractivity contribution in [1.82, 2.24) is 0 Å². The highest BCUT2D eigenvalue weighted by molar-refractivity contribution is 6.14. The number of carbonyl (C=O) groups excluding carboxylic acids is 1. The van der Waals surface area contributed by atoms with Crippen LogP contribution in [0.3, 0.4) is 0 Å². The molecule has 0 heterocycles. The Morgan fingerprint density at radius 1 is 0.700 bits per heavy atom. The fraction of sp³-hybridized carbons (Fsp3) is 0.138. The summed E-state index contributed by atoms with van der Waals surface area (Å²) in [5, 5.41) is 4.82. The van der Waals surface area contributed by atoms with Crippen LogP contribution in [0.25, 0.3) is 33.7 Å². The molecule has 4 aromatic carbocycles. The second-order valence-corrected chi connectivity index (χ2v) is 8.36. The Bertz CT molecular complexity index is 1320. The monoisotopic (exact) mass is 388 g/mol. The van der Waals surface area contributed by atoms with Crippen LogP contribution < -0.4 is 0 Å². The fourth-order valence-electron chi connectivity index (χ4n) is 4.53. The molecule has 1 heteroatoms. The van der Waals surface area contributed by atoms with Crippen molar-refractivity contribution in [3.63, 3.8) is 0 Å². The number of Topliss-reactive ketones (excluding diaryl/α,β-unsaturated/α-hetero) is 1. The third-order valence-electron chi connectivity index (χ3n) is 5.99. The first-order valence-electron chi connectivity index (χ1n) is 10.6. The van der Waals surface area contributed by atoms with E-state index in [1.807, 2.05) is 0 Å². The van der Waals surface area contributed by atoms with Crippen LogP contribution in [0.5, 0.6) is 0 Å². The summed E-state index contributed by atoms with van der Waals surface area (Å²) < 4.78 is 0. The normalized spacial score (nSPS) is 19.8. The Labute approximate surface area is 177 Å². The lowest BCUT2D eigenvalue weighted by atomic mass is 9.80. The molecule has 0 amide bonds. The summed E-state index contributed by atoms with van der Waals surface area (Å²) in [4.78, 5) is 13.3. The highest BCUT2D eigenvalue weighted by atomic mass is 16.1. The van der Waals surface area contributed by atoms with Gasteiger partial charge in [-0.1, -0.05) is 85.8 Å². The van der Waals surface area contributed by atoms with Crippen molar-refractivity contribution >= 4 is 39.5 Å². The van der Waals surface area contributed by atoms with Gasteiger partial charge in [0.15, 0.2) is 5.78 Å². The molecular weight excluding hydrogens is 364 g/mol. The molecule has 0 aliphatic heterocycles. The lowest BCUT2D eigenvalue weighted by molar-refractivity contribution is -0.113. The molecule has 1 atom stereocenters. The van der Waals surface area contributed by atoms with Gasteiger partial charge in [-0.25, -0.2) is 0 Å². The van der Waals surface area contributed by atoms with Gasteiger partial charge in [-0.2, -0.15) is 0 Å². The molecule has 1 aliphatic carbocycles. The van der Waals surface area contributed by atoms with Gasteiger partial charge in [0.1, 0.15) is 0 Å². The van der Waals surface area contributed by atoms with Crippen LogP contribution in [0.2, 0.25) is 0 Å². The summed E-state index contributed by atoms with van der Waals surface area (Å²) in [5.74, 6) is 0.643. The van der Waals surface area contributed by atoms with E-state index < -0.39 is 0 Å². The predicted molar refractivity (Wildman–Crippen MR) is 127 cm³/mol. The van der Waals surface area contributed by atoms with Crippen molar-refractivity contribution in [3.8, 4) is 0 Å². The molecular formula is C29H24O. The summed E-state index contributed by atoms with van der Waals surface area (Å²) in [6, 6.07) is 29.4. The second-order valence-electron chi connectivity index (χ2n) is 8.36. The van der Waals surface area contributed by atoms with Gasteiger partial charge >= 0.3 is 0 Å². The smallest absolute Gasteiger partial charge is 0.185 e. The van der Waals surface area contributed by atoms with E-state index in [9.17, 15) is 4.79 Å². The second kappa shape index (κ2) is 7.76. The molecule has 0 spiro atoms. The lowest BCUT2D eigenvalue weighted by Gasteiger charge is -2.23. The Morgan fingerprint density at radius 2 is 1.37 bits per heavy atom. The molecule has 0 unspecified atom stereocenters. The maximum atomic E-state index is 13.3. The molecule has 1 saturated carbocycles. The van der Waals surface area contributed by atoms with E-state index in [2.05, 4.69) is 104 Å². The molecule has 146 valence electrons. The number of hydrogen-bond acceptors (Lipinski definition) is 1. The van der Waals surface area contributed by atoms with E-state index in [0.717, 1.165) is 35.1 Å². The van der Waals surface area contributed by atoms with Crippen molar-refractivity contribution < 1.29 is 4.79 Å². The van der Waals surface area contributed by atoms with Crippen molar-refractivity contribution in [2.45, 2.75) is 19.8 Å². The van der Waals surface area contributed by atoms with Crippen molar-refractivity contribution in [1.29, 1.82) is 0 Å². The molecule has 1 nitrogen and oxygen atoms in total. The Morgan fingerprint density at radius 3 is 2.20 bits per heavy atom. The Balaban J connectivity index is 1.54. The van der Waals surface area contributed by atoms with Crippen LogP contribution in [-0.2, 0) is 4.79 Å². The lowest BCUT2D eigenvalue weighted by Crippen LogP contribution is -2.18. The summed E-state index contributed by atoms with van der Waals surface area (Å²) in [7, 11) is 0. The van der Waals surface area contributed by atoms with Crippen LogP contribution in [0.4, 0.5) is 0 Å². The number of carbonyl (C=O) groups is 1. The summed E-state index contributed by atoms with van der Waals surface area (Å²) in [6.45, 7) is 2.23. The number of benzene rings is 4. The van der Waals surface area contributed by atoms with Crippen LogP contribution in [0.15, 0.2) is 96.1 Å². The summed E-state index contributed by atoms with van der Waals surface area (Å²) in [6.07, 6.45) is 5.85. The molecule has 1 fully saturated rings. The Hall–Kier alpha value is -3.45. The zero-order valence-electron chi connectivity index (χ0n) is 17.1. The molecule has 0 saturated heterocycles. The number of hydrogen-bond donors (Lipinski definition) is 0. The van der Waals surface area contributed by atoms with Gasteiger partial charge in [0.2, 0.25) is 0 Å². The maximum Gasteiger partial charge on any atom is 0.185 e. The van der Waals surface area contributed by atoms with E-state index in [1.54, 1.807) is 0 Å². The van der Waals surface area contributed by atoms with E-state index in [4.69, 9.17) is 0 Å². The van der Waals surface area contributed by atoms with E-state index in [1.165, 1.54) is 21.5 Å². The maximum absolute atomic E-state index is 13.3. The minimum Gasteiger partial charge on any atom is -0.289 e. The molecule has 1 aliphatic rings. The summed E-state index contributed by atoms with van der Waals surface area (Å²) in [5.41, 5.74) is 4.04.